The Bertz CT molecular complexity index is 285. The third kappa shape index (κ3) is 5.33. The molecule has 0 saturated heterocycles. The Morgan fingerprint density at radius 3 is 2.88 bits per heavy atom. The number of amides is 2. The van der Waals surface area contributed by atoms with Gasteiger partial charge in [0.1, 0.15) is 6.33 Å². The van der Waals surface area contributed by atoms with Gasteiger partial charge in [0.25, 0.3) is 0 Å². The summed E-state index contributed by atoms with van der Waals surface area (Å²) in [5.41, 5.74) is 0. The van der Waals surface area contributed by atoms with Crippen LogP contribution in [0.3, 0.4) is 0 Å². The van der Waals surface area contributed by atoms with Gasteiger partial charge in [-0.2, -0.15) is 10.1 Å². The highest BCUT2D eigenvalue weighted by atomic mass is 16.2. The van der Waals surface area contributed by atoms with Gasteiger partial charge in [-0.3, -0.25) is 5.32 Å². The van der Waals surface area contributed by atoms with Crippen LogP contribution < -0.4 is 10.6 Å². The van der Waals surface area contributed by atoms with Crippen molar-refractivity contribution in [3.05, 3.63) is 6.33 Å². The topological polar surface area (TPSA) is 82.7 Å². The lowest BCUT2D eigenvalue weighted by Gasteiger charge is -2.04. The van der Waals surface area contributed by atoms with Gasteiger partial charge in [-0.1, -0.05) is 32.6 Å². The van der Waals surface area contributed by atoms with Crippen molar-refractivity contribution in [2.45, 2.75) is 39.0 Å². The van der Waals surface area contributed by atoms with Crippen LogP contribution in [0.15, 0.2) is 6.33 Å². The number of hydrogen-bond donors (Lipinski definition) is 3. The maximum atomic E-state index is 11.3. The van der Waals surface area contributed by atoms with Crippen molar-refractivity contribution in [1.29, 1.82) is 0 Å². The average Bonchev–Trinajstić information content (AvgIpc) is 2.76. The molecule has 0 aliphatic heterocycles. The minimum Gasteiger partial charge on any atom is -0.338 e. The van der Waals surface area contributed by atoms with Crippen LogP contribution in [0.1, 0.15) is 39.0 Å². The first-order valence-electron chi connectivity index (χ1n) is 5.73. The van der Waals surface area contributed by atoms with Crippen molar-refractivity contribution in [1.82, 2.24) is 20.5 Å². The summed E-state index contributed by atoms with van der Waals surface area (Å²) in [4.78, 5) is 15.1. The number of aromatic nitrogens is 3. The van der Waals surface area contributed by atoms with E-state index in [0.717, 1.165) is 12.8 Å². The first kappa shape index (κ1) is 12.5. The van der Waals surface area contributed by atoms with E-state index in [1.807, 2.05) is 0 Å². The summed E-state index contributed by atoms with van der Waals surface area (Å²) < 4.78 is 0. The summed E-state index contributed by atoms with van der Waals surface area (Å²) in [6.07, 6.45) is 7.27. The number of urea groups is 1. The summed E-state index contributed by atoms with van der Waals surface area (Å²) >= 11 is 0. The van der Waals surface area contributed by atoms with Gasteiger partial charge in [0, 0.05) is 6.54 Å². The number of hydrogen-bond acceptors (Lipinski definition) is 3. The van der Waals surface area contributed by atoms with Crippen molar-refractivity contribution < 1.29 is 4.79 Å². The molecule has 0 bridgehead atoms. The van der Waals surface area contributed by atoms with Gasteiger partial charge in [-0.15, -0.1) is 0 Å². The molecule has 0 atom stereocenters. The predicted octanol–water partition coefficient (Wildman–Crippen LogP) is 1.90. The molecule has 0 unspecified atom stereocenters. The Morgan fingerprint density at radius 2 is 2.19 bits per heavy atom. The van der Waals surface area contributed by atoms with Crippen LogP contribution in [0.25, 0.3) is 0 Å². The Morgan fingerprint density at radius 1 is 1.38 bits per heavy atom. The number of rotatable bonds is 7. The van der Waals surface area contributed by atoms with Gasteiger partial charge in [0.05, 0.1) is 0 Å². The van der Waals surface area contributed by atoms with Crippen LogP contribution >= 0.6 is 0 Å². The molecule has 1 heterocycles. The van der Waals surface area contributed by atoms with Crippen LogP contribution in [0, 0.1) is 0 Å². The lowest BCUT2D eigenvalue weighted by molar-refractivity contribution is 0.251. The molecule has 0 aliphatic rings. The van der Waals surface area contributed by atoms with Crippen molar-refractivity contribution in [3.63, 3.8) is 0 Å². The Labute approximate surface area is 95.2 Å². The number of anilines is 1. The second kappa shape index (κ2) is 7.67. The zero-order valence-corrected chi connectivity index (χ0v) is 9.62. The molecule has 0 saturated carbocycles. The lowest BCUT2D eigenvalue weighted by Crippen LogP contribution is -2.29. The van der Waals surface area contributed by atoms with E-state index in [1.54, 1.807) is 0 Å². The van der Waals surface area contributed by atoms with E-state index in [9.17, 15) is 4.79 Å². The van der Waals surface area contributed by atoms with Gasteiger partial charge < -0.3 is 5.32 Å². The molecule has 0 radical (unpaired) electrons. The van der Waals surface area contributed by atoms with Crippen LogP contribution in [-0.2, 0) is 0 Å². The van der Waals surface area contributed by atoms with Gasteiger partial charge in [-0.25, -0.2) is 9.89 Å². The molecule has 0 fully saturated rings. The highest BCUT2D eigenvalue weighted by molar-refractivity contribution is 5.87. The number of nitrogens with one attached hydrogen (secondary N) is 3. The molecule has 1 rings (SSSR count). The molecule has 16 heavy (non-hydrogen) atoms. The molecule has 0 aliphatic carbocycles. The average molecular weight is 225 g/mol. The third-order valence-electron chi connectivity index (χ3n) is 2.21. The monoisotopic (exact) mass is 225 g/mol. The summed E-state index contributed by atoms with van der Waals surface area (Å²) in [6, 6.07) is -0.243. The summed E-state index contributed by atoms with van der Waals surface area (Å²) in [6.45, 7) is 2.88. The molecule has 1 aromatic heterocycles. The highest BCUT2D eigenvalue weighted by Gasteiger charge is 2.01. The molecule has 3 N–H and O–H groups in total. The number of nitrogens with zero attached hydrogens (tertiary/aromatic N) is 2. The summed E-state index contributed by atoms with van der Waals surface area (Å²) in [7, 11) is 0. The molecule has 6 heteroatoms. The molecule has 90 valence electrons. The number of carbonyl (C=O) groups is 1. The van der Waals surface area contributed by atoms with Crippen LogP contribution in [0.2, 0.25) is 0 Å². The van der Waals surface area contributed by atoms with Crippen LogP contribution in [0.5, 0.6) is 0 Å². The number of carbonyl (C=O) groups excluding carboxylic acids is 1. The molecule has 1 aromatic rings. The van der Waals surface area contributed by atoms with Gasteiger partial charge in [-0.05, 0) is 6.42 Å². The third-order valence-corrected chi connectivity index (χ3v) is 2.21. The quantitative estimate of drug-likeness (QED) is 0.620. The Kier molecular flexibility index (Phi) is 5.98. The molecular formula is C10H19N5O. The lowest BCUT2D eigenvalue weighted by atomic mass is 10.1. The molecule has 0 spiro atoms. The van der Waals surface area contributed by atoms with Crippen LogP contribution in [0.4, 0.5) is 10.7 Å². The van der Waals surface area contributed by atoms with Crippen molar-refractivity contribution >= 4 is 12.0 Å². The van der Waals surface area contributed by atoms with E-state index in [4.69, 9.17) is 0 Å². The predicted molar refractivity (Wildman–Crippen MR) is 62.2 cm³/mol. The largest absolute Gasteiger partial charge is 0.338 e. The second-order valence-electron chi connectivity index (χ2n) is 3.63. The van der Waals surface area contributed by atoms with E-state index in [1.165, 1.54) is 25.6 Å². The standard InChI is InChI=1S/C10H19N5O/c1-2-3-4-5-6-7-11-10(16)14-9-12-8-13-15-9/h8H,2-7H2,1H3,(H3,11,12,13,14,15,16). The maximum absolute atomic E-state index is 11.3. The fourth-order valence-corrected chi connectivity index (χ4v) is 1.35. The summed E-state index contributed by atoms with van der Waals surface area (Å²) in [5, 5.41) is 11.5. The fraction of sp³-hybridized carbons (Fsp3) is 0.700. The summed E-state index contributed by atoms with van der Waals surface area (Å²) in [5.74, 6) is 0.364. The Hall–Kier alpha value is -1.59. The first-order chi connectivity index (χ1) is 7.83. The van der Waals surface area contributed by atoms with E-state index < -0.39 is 0 Å². The molecular weight excluding hydrogens is 206 g/mol. The minimum atomic E-state index is -0.243. The second-order valence-corrected chi connectivity index (χ2v) is 3.63. The number of H-pyrrole nitrogens is 1. The zero-order valence-electron chi connectivity index (χ0n) is 9.62. The van der Waals surface area contributed by atoms with Crippen molar-refractivity contribution in [2.24, 2.45) is 0 Å². The molecule has 2 amide bonds. The van der Waals surface area contributed by atoms with Gasteiger partial charge in [0.15, 0.2) is 0 Å². The minimum absolute atomic E-state index is 0.243. The van der Waals surface area contributed by atoms with Crippen molar-refractivity contribution in [2.75, 3.05) is 11.9 Å². The molecule has 0 aromatic carbocycles. The normalized spacial score (nSPS) is 10.1. The Balaban J connectivity index is 1.98. The van der Waals surface area contributed by atoms with Gasteiger partial charge in [0.2, 0.25) is 5.95 Å². The van der Waals surface area contributed by atoms with Gasteiger partial charge >= 0.3 is 6.03 Å². The maximum Gasteiger partial charge on any atom is 0.321 e. The smallest absolute Gasteiger partial charge is 0.321 e. The number of unbranched alkanes of at least 4 members (excludes halogenated alkanes) is 4. The highest BCUT2D eigenvalue weighted by Crippen LogP contribution is 2.01. The first-order valence-corrected chi connectivity index (χ1v) is 5.73. The van der Waals surface area contributed by atoms with Crippen LogP contribution in [-0.4, -0.2) is 27.8 Å². The van der Waals surface area contributed by atoms with E-state index in [-0.39, 0.29) is 6.03 Å². The van der Waals surface area contributed by atoms with E-state index in [2.05, 4.69) is 32.7 Å². The molecule has 6 nitrogen and oxygen atoms in total. The van der Waals surface area contributed by atoms with E-state index in [0.29, 0.717) is 12.5 Å². The van der Waals surface area contributed by atoms with Crippen molar-refractivity contribution in [3.8, 4) is 0 Å². The number of aromatic amines is 1. The zero-order chi connectivity index (χ0) is 11.6. The van der Waals surface area contributed by atoms with E-state index >= 15 is 0 Å². The fourth-order valence-electron chi connectivity index (χ4n) is 1.35. The SMILES string of the molecule is CCCCCCCNC(=O)Nc1ncn[nH]1.